The maximum Gasteiger partial charge on any atom is 0.317 e. The first-order chi connectivity index (χ1) is 11.5. The minimum Gasteiger partial charge on any atom is -0.390 e. The molecular formula is C17H27N5O2. The van der Waals surface area contributed by atoms with Gasteiger partial charge in [-0.15, -0.1) is 0 Å². The topological polar surface area (TPSA) is 71.9 Å². The van der Waals surface area contributed by atoms with E-state index in [1.54, 1.807) is 11.1 Å². The number of urea groups is 1. The minimum atomic E-state index is -0.470. The number of nitrogens with one attached hydrogen (secondary N) is 1. The third kappa shape index (κ3) is 4.03. The Balaban J connectivity index is 1.51. The van der Waals surface area contributed by atoms with Crippen molar-refractivity contribution in [1.82, 2.24) is 25.0 Å². The van der Waals surface area contributed by atoms with Crippen LogP contribution in [-0.4, -0.2) is 89.3 Å². The second-order valence-electron chi connectivity index (χ2n) is 6.84. The summed E-state index contributed by atoms with van der Waals surface area (Å²) in [6, 6.07) is 3.80. The molecule has 0 spiro atoms. The molecule has 0 saturated carbocycles. The molecule has 1 aromatic heterocycles. The number of β-amino-alcohol motifs (C(OH)–C–C–N with tert-alkyl or cyclic N) is 1. The third-order valence-corrected chi connectivity index (χ3v) is 4.96. The average molecular weight is 333 g/mol. The molecule has 132 valence electrons. The summed E-state index contributed by atoms with van der Waals surface area (Å²) in [4.78, 5) is 22.9. The largest absolute Gasteiger partial charge is 0.390 e. The van der Waals surface area contributed by atoms with E-state index in [4.69, 9.17) is 0 Å². The maximum atomic E-state index is 12.4. The standard InChI is InChI=1S/C17H27N5O2/c1-13-9-14(3-4-18-13)10-19-17(24)22-11-15(16(23)12-22)21-7-5-20(2)6-8-21/h3-4,9,15-16,23H,5-8,10-12H2,1-2H3,(H,19,24)/t15-,16-/m0/s1. The van der Waals surface area contributed by atoms with E-state index in [0.29, 0.717) is 19.6 Å². The Morgan fingerprint density at radius 3 is 2.79 bits per heavy atom. The highest BCUT2D eigenvalue weighted by Gasteiger charge is 2.38. The number of carbonyl (C=O) groups is 1. The van der Waals surface area contributed by atoms with E-state index in [1.807, 2.05) is 19.1 Å². The van der Waals surface area contributed by atoms with Crippen LogP contribution in [0.3, 0.4) is 0 Å². The number of piperazine rings is 1. The Labute approximate surface area is 143 Å². The first kappa shape index (κ1) is 17.1. The highest BCUT2D eigenvalue weighted by Crippen LogP contribution is 2.18. The summed E-state index contributed by atoms with van der Waals surface area (Å²) >= 11 is 0. The van der Waals surface area contributed by atoms with Gasteiger partial charge in [-0.1, -0.05) is 0 Å². The predicted molar refractivity (Wildman–Crippen MR) is 91.6 cm³/mol. The van der Waals surface area contributed by atoms with Crippen molar-refractivity contribution in [3.05, 3.63) is 29.6 Å². The van der Waals surface area contributed by atoms with Gasteiger partial charge in [0.2, 0.25) is 0 Å². The zero-order chi connectivity index (χ0) is 17.1. The number of pyridine rings is 1. The van der Waals surface area contributed by atoms with E-state index in [1.165, 1.54) is 0 Å². The third-order valence-electron chi connectivity index (χ3n) is 4.96. The van der Waals surface area contributed by atoms with E-state index < -0.39 is 6.10 Å². The molecular weight excluding hydrogens is 306 g/mol. The molecule has 0 unspecified atom stereocenters. The molecule has 3 rings (SSSR count). The minimum absolute atomic E-state index is 0.0487. The molecule has 3 heterocycles. The summed E-state index contributed by atoms with van der Waals surface area (Å²) in [5, 5.41) is 13.3. The number of likely N-dealkylation sites (N-methyl/N-ethyl adjacent to an activating group) is 1. The lowest BCUT2D eigenvalue weighted by Gasteiger charge is -2.37. The van der Waals surface area contributed by atoms with Gasteiger partial charge in [0.25, 0.3) is 0 Å². The van der Waals surface area contributed by atoms with Crippen LogP contribution in [0.25, 0.3) is 0 Å². The van der Waals surface area contributed by atoms with Gasteiger partial charge in [0.1, 0.15) is 0 Å². The monoisotopic (exact) mass is 333 g/mol. The van der Waals surface area contributed by atoms with Crippen molar-refractivity contribution in [3.63, 3.8) is 0 Å². The molecule has 2 fully saturated rings. The van der Waals surface area contributed by atoms with Crippen molar-refractivity contribution in [2.75, 3.05) is 46.3 Å². The number of carbonyl (C=O) groups excluding carboxylic acids is 1. The molecule has 7 nitrogen and oxygen atoms in total. The first-order valence-corrected chi connectivity index (χ1v) is 8.58. The lowest BCUT2D eigenvalue weighted by Crippen LogP contribution is -2.52. The molecule has 0 aliphatic carbocycles. The van der Waals surface area contributed by atoms with Crippen LogP contribution in [-0.2, 0) is 6.54 Å². The molecule has 0 bridgehead atoms. The molecule has 2 aliphatic heterocycles. The summed E-state index contributed by atoms with van der Waals surface area (Å²) in [5.41, 5.74) is 1.97. The van der Waals surface area contributed by atoms with Gasteiger partial charge in [0.05, 0.1) is 12.1 Å². The summed E-state index contributed by atoms with van der Waals surface area (Å²) < 4.78 is 0. The highest BCUT2D eigenvalue weighted by atomic mass is 16.3. The summed E-state index contributed by atoms with van der Waals surface area (Å²) in [6.45, 7) is 7.32. The summed E-state index contributed by atoms with van der Waals surface area (Å²) in [5.74, 6) is 0. The molecule has 2 N–H and O–H groups in total. The number of aliphatic hydroxyl groups excluding tert-OH is 1. The number of rotatable bonds is 3. The second-order valence-corrected chi connectivity index (χ2v) is 6.84. The van der Waals surface area contributed by atoms with E-state index >= 15 is 0 Å². The van der Waals surface area contributed by atoms with Gasteiger partial charge in [-0.05, 0) is 31.7 Å². The number of nitrogens with zero attached hydrogens (tertiary/aromatic N) is 4. The van der Waals surface area contributed by atoms with Crippen molar-refractivity contribution < 1.29 is 9.90 Å². The quantitative estimate of drug-likeness (QED) is 0.808. The summed E-state index contributed by atoms with van der Waals surface area (Å²) in [7, 11) is 2.11. The van der Waals surface area contributed by atoms with Gasteiger partial charge >= 0.3 is 6.03 Å². The number of aryl methyl sites for hydroxylation is 1. The summed E-state index contributed by atoms with van der Waals surface area (Å²) in [6.07, 6.45) is 1.28. The Bertz CT molecular complexity index is 574. The number of aromatic nitrogens is 1. The van der Waals surface area contributed by atoms with Gasteiger partial charge < -0.3 is 20.2 Å². The first-order valence-electron chi connectivity index (χ1n) is 8.58. The second kappa shape index (κ2) is 7.46. The molecule has 2 saturated heterocycles. The zero-order valence-corrected chi connectivity index (χ0v) is 14.5. The SMILES string of the molecule is Cc1cc(CNC(=O)N2C[C@H](O)[C@@H](N3CCN(C)CC3)C2)ccn1. The van der Waals surface area contributed by atoms with E-state index in [0.717, 1.165) is 37.4 Å². The van der Waals surface area contributed by atoms with Gasteiger partial charge in [-0.2, -0.15) is 0 Å². The fourth-order valence-corrected chi connectivity index (χ4v) is 3.45. The van der Waals surface area contributed by atoms with Gasteiger partial charge in [-0.3, -0.25) is 9.88 Å². The molecule has 2 amide bonds. The van der Waals surface area contributed by atoms with Crippen molar-refractivity contribution in [3.8, 4) is 0 Å². The van der Waals surface area contributed by atoms with Crippen LogP contribution in [0.4, 0.5) is 4.79 Å². The molecule has 0 aromatic carbocycles. The van der Waals surface area contributed by atoms with E-state index in [2.05, 4.69) is 27.1 Å². The highest BCUT2D eigenvalue weighted by molar-refractivity contribution is 5.74. The number of hydrogen-bond acceptors (Lipinski definition) is 5. The van der Waals surface area contributed by atoms with Gasteiger partial charge in [0, 0.05) is 57.7 Å². The van der Waals surface area contributed by atoms with Crippen LogP contribution in [0.1, 0.15) is 11.3 Å². The van der Waals surface area contributed by atoms with E-state index in [9.17, 15) is 9.90 Å². The fourth-order valence-electron chi connectivity index (χ4n) is 3.45. The fraction of sp³-hybridized carbons (Fsp3) is 0.647. The Kier molecular flexibility index (Phi) is 5.33. The number of amides is 2. The van der Waals surface area contributed by atoms with Crippen molar-refractivity contribution >= 4 is 6.03 Å². The van der Waals surface area contributed by atoms with Crippen LogP contribution in [0, 0.1) is 6.92 Å². The molecule has 2 aliphatic rings. The normalized spacial score (nSPS) is 25.9. The molecule has 7 heteroatoms. The predicted octanol–water partition coefficient (Wildman–Crippen LogP) is -0.108. The molecule has 1 aromatic rings. The van der Waals surface area contributed by atoms with Crippen molar-refractivity contribution in [1.29, 1.82) is 0 Å². The Morgan fingerprint density at radius 1 is 1.33 bits per heavy atom. The van der Waals surface area contributed by atoms with Gasteiger partial charge in [-0.25, -0.2) is 4.79 Å². The van der Waals surface area contributed by atoms with Crippen molar-refractivity contribution in [2.24, 2.45) is 0 Å². The number of likely N-dealkylation sites (tertiary alicyclic amines) is 1. The van der Waals surface area contributed by atoms with Gasteiger partial charge in [0.15, 0.2) is 0 Å². The average Bonchev–Trinajstić information content (AvgIpc) is 2.95. The Hall–Kier alpha value is -1.70. The van der Waals surface area contributed by atoms with Crippen LogP contribution < -0.4 is 5.32 Å². The van der Waals surface area contributed by atoms with Crippen LogP contribution in [0.2, 0.25) is 0 Å². The lowest BCUT2D eigenvalue weighted by molar-refractivity contribution is 0.0512. The smallest absolute Gasteiger partial charge is 0.317 e. The van der Waals surface area contributed by atoms with Crippen molar-refractivity contribution in [2.45, 2.75) is 25.6 Å². The molecule has 2 atom stereocenters. The Morgan fingerprint density at radius 2 is 2.08 bits per heavy atom. The lowest BCUT2D eigenvalue weighted by atomic mass is 10.1. The number of aliphatic hydroxyl groups is 1. The number of hydrogen-bond donors (Lipinski definition) is 2. The van der Waals surface area contributed by atoms with Crippen LogP contribution >= 0.6 is 0 Å². The maximum absolute atomic E-state index is 12.4. The molecule has 24 heavy (non-hydrogen) atoms. The van der Waals surface area contributed by atoms with E-state index in [-0.39, 0.29) is 12.1 Å². The van der Waals surface area contributed by atoms with Crippen LogP contribution in [0.15, 0.2) is 18.3 Å². The zero-order valence-electron chi connectivity index (χ0n) is 14.5. The van der Waals surface area contributed by atoms with Crippen LogP contribution in [0.5, 0.6) is 0 Å². The molecule has 0 radical (unpaired) electrons.